The molecule has 0 saturated carbocycles. The normalized spacial score (nSPS) is 9.69. The van der Waals surface area contributed by atoms with E-state index < -0.39 is 17.4 Å². The van der Waals surface area contributed by atoms with E-state index in [0.29, 0.717) is 6.42 Å². The highest BCUT2D eigenvalue weighted by Gasteiger charge is 2.16. The minimum atomic E-state index is -1.18. The van der Waals surface area contributed by atoms with Gasteiger partial charge in [-0.3, -0.25) is 0 Å². The largest absolute Gasteiger partial charge is 0.503 e. The van der Waals surface area contributed by atoms with Gasteiger partial charge in [-0.2, -0.15) is 5.26 Å². The quantitative estimate of drug-likeness (QED) is 0.724. The number of hydrogen-bond donors (Lipinski definition) is 1. The molecule has 0 aliphatic heterocycles. The Morgan fingerprint density at radius 1 is 1.54 bits per heavy atom. The highest BCUT2D eigenvalue weighted by molar-refractivity contribution is 5.45. The summed E-state index contributed by atoms with van der Waals surface area (Å²) in [5, 5.41) is 17.4. The van der Waals surface area contributed by atoms with Crippen molar-refractivity contribution in [1.82, 2.24) is 0 Å². The molecule has 1 N–H and O–H groups in total. The third-order valence-corrected chi connectivity index (χ3v) is 1.77. The fourth-order valence-electron chi connectivity index (χ4n) is 1.06. The molecule has 2 nitrogen and oxygen atoms in total. The molecule has 0 bridgehead atoms. The van der Waals surface area contributed by atoms with E-state index >= 15 is 0 Å². The second-order valence-electron chi connectivity index (χ2n) is 2.52. The van der Waals surface area contributed by atoms with Gasteiger partial charge in [-0.1, -0.05) is 6.92 Å². The Labute approximate surface area is 74.0 Å². The zero-order valence-electron chi connectivity index (χ0n) is 6.93. The van der Waals surface area contributed by atoms with E-state index in [1.54, 1.807) is 13.0 Å². The monoisotopic (exact) mass is 183 g/mol. The van der Waals surface area contributed by atoms with Crippen molar-refractivity contribution in [2.45, 2.75) is 13.3 Å². The lowest BCUT2D eigenvalue weighted by Crippen LogP contribution is -1.95. The first-order valence-electron chi connectivity index (χ1n) is 3.71. The molecule has 4 heteroatoms. The number of phenols is 1. The SMILES string of the molecule is CCc1cc(F)c(O)c(F)c1C#N. The number of hydrogen-bond acceptors (Lipinski definition) is 2. The summed E-state index contributed by atoms with van der Waals surface area (Å²) in [5.41, 5.74) is -0.0308. The summed E-state index contributed by atoms with van der Waals surface area (Å²) < 4.78 is 25.7. The Morgan fingerprint density at radius 2 is 2.15 bits per heavy atom. The second kappa shape index (κ2) is 3.40. The lowest BCUT2D eigenvalue weighted by molar-refractivity contribution is 0.394. The van der Waals surface area contributed by atoms with Crippen LogP contribution in [0.1, 0.15) is 18.1 Å². The smallest absolute Gasteiger partial charge is 0.189 e. The molecule has 0 heterocycles. The summed E-state index contributed by atoms with van der Waals surface area (Å²) in [7, 11) is 0. The molecule has 68 valence electrons. The van der Waals surface area contributed by atoms with E-state index in [0.717, 1.165) is 6.07 Å². The zero-order valence-corrected chi connectivity index (χ0v) is 6.93. The van der Waals surface area contributed by atoms with Gasteiger partial charge in [0.05, 0.1) is 5.56 Å². The maximum atomic E-state index is 13.0. The van der Waals surface area contributed by atoms with E-state index in [9.17, 15) is 8.78 Å². The summed E-state index contributed by atoms with van der Waals surface area (Å²) in [4.78, 5) is 0. The van der Waals surface area contributed by atoms with Crippen molar-refractivity contribution in [1.29, 1.82) is 5.26 Å². The summed E-state index contributed by atoms with van der Waals surface area (Å²) in [6, 6.07) is 2.55. The standard InChI is InChI=1S/C9H7F2NO/c1-2-5-3-7(10)9(13)8(11)6(5)4-12/h3,13H,2H2,1H3. The van der Waals surface area contributed by atoms with Crippen molar-refractivity contribution in [2.24, 2.45) is 0 Å². The van der Waals surface area contributed by atoms with Crippen LogP contribution in [0.3, 0.4) is 0 Å². The van der Waals surface area contributed by atoms with Gasteiger partial charge in [-0.25, -0.2) is 8.78 Å². The highest BCUT2D eigenvalue weighted by Crippen LogP contribution is 2.26. The topological polar surface area (TPSA) is 44.0 Å². The molecule has 1 rings (SSSR count). The summed E-state index contributed by atoms with van der Waals surface area (Å²) >= 11 is 0. The first kappa shape index (κ1) is 9.46. The molecule has 0 atom stereocenters. The van der Waals surface area contributed by atoms with Crippen molar-refractivity contribution < 1.29 is 13.9 Å². The highest BCUT2D eigenvalue weighted by atomic mass is 19.1. The van der Waals surface area contributed by atoms with Crippen LogP contribution in [0.15, 0.2) is 6.07 Å². The number of nitriles is 1. The van der Waals surface area contributed by atoms with Gasteiger partial charge in [0, 0.05) is 0 Å². The van der Waals surface area contributed by atoms with Gasteiger partial charge in [0.2, 0.25) is 0 Å². The fraction of sp³-hybridized carbons (Fsp3) is 0.222. The Morgan fingerprint density at radius 3 is 2.62 bits per heavy atom. The van der Waals surface area contributed by atoms with Gasteiger partial charge < -0.3 is 5.11 Å². The van der Waals surface area contributed by atoms with Crippen LogP contribution in [0, 0.1) is 23.0 Å². The number of phenolic OH excluding ortho intramolecular Hbond substituents is 1. The molecule has 1 aromatic carbocycles. The minimum absolute atomic E-state index is 0.260. The molecule has 0 saturated heterocycles. The average Bonchev–Trinajstić information content (AvgIpc) is 2.13. The van der Waals surface area contributed by atoms with Gasteiger partial charge in [0.25, 0.3) is 0 Å². The van der Waals surface area contributed by atoms with Gasteiger partial charge in [-0.15, -0.1) is 0 Å². The van der Waals surface area contributed by atoms with E-state index in [-0.39, 0.29) is 11.1 Å². The van der Waals surface area contributed by atoms with Crippen molar-refractivity contribution in [3.05, 3.63) is 28.8 Å². The van der Waals surface area contributed by atoms with E-state index in [4.69, 9.17) is 10.4 Å². The third-order valence-electron chi connectivity index (χ3n) is 1.77. The van der Waals surface area contributed by atoms with E-state index in [1.165, 1.54) is 0 Å². The molecule has 0 fully saturated rings. The molecule has 0 radical (unpaired) electrons. The summed E-state index contributed by atoms with van der Waals surface area (Å²) in [5.74, 6) is -3.30. The van der Waals surface area contributed by atoms with Crippen LogP contribution in [-0.4, -0.2) is 5.11 Å². The van der Waals surface area contributed by atoms with Crippen LogP contribution in [0.5, 0.6) is 5.75 Å². The minimum Gasteiger partial charge on any atom is -0.503 e. The maximum absolute atomic E-state index is 13.0. The number of rotatable bonds is 1. The van der Waals surface area contributed by atoms with Crippen LogP contribution in [0.2, 0.25) is 0 Å². The molecule has 0 unspecified atom stereocenters. The van der Waals surface area contributed by atoms with Crippen LogP contribution >= 0.6 is 0 Å². The number of aryl methyl sites for hydroxylation is 1. The lowest BCUT2D eigenvalue weighted by Gasteiger charge is -2.04. The zero-order chi connectivity index (χ0) is 10.0. The molecular formula is C9H7F2NO. The van der Waals surface area contributed by atoms with Crippen LogP contribution < -0.4 is 0 Å². The average molecular weight is 183 g/mol. The van der Waals surface area contributed by atoms with E-state index in [1.807, 2.05) is 0 Å². The fourth-order valence-corrected chi connectivity index (χ4v) is 1.06. The molecule has 0 aromatic heterocycles. The maximum Gasteiger partial charge on any atom is 0.189 e. The van der Waals surface area contributed by atoms with Crippen LogP contribution in [0.4, 0.5) is 8.78 Å². The van der Waals surface area contributed by atoms with Crippen molar-refractivity contribution in [3.8, 4) is 11.8 Å². The van der Waals surface area contributed by atoms with E-state index in [2.05, 4.69) is 0 Å². The molecule has 13 heavy (non-hydrogen) atoms. The summed E-state index contributed by atoms with van der Waals surface area (Å²) in [6.45, 7) is 1.67. The number of benzene rings is 1. The molecule has 0 amide bonds. The predicted octanol–water partition coefficient (Wildman–Crippen LogP) is 2.10. The third kappa shape index (κ3) is 1.45. The Bertz CT molecular complexity index is 382. The number of halogens is 2. The van der Waals surface area contributed by atoms with Gasteiger partial charge in [0.1, 0.15) is 6.07 Å². The van der Waals surface area contributed by atoms with Crippen LogP contribution in [-0.2, 0) is 6.42 Å². The van der Waals surface area contributed by atoms with Crippen molar-refractivity contribution in [3.63, 3.8) is 0 Å². The molecule has 1 aromatic rings. The van der Waals surface area contributed by atoms with Gasteiger partial charge in [0.15, 0.2) is 17.4 Å². The molecule has 0 aliphatic rings. The van der Waals surface area contributed by atoms with Crippen molar-refractivity contribution >= 4 is 0 Å². The van der Waals surface area contributed by atoms with Gasteiger partial charge >= 0.3 is 0 Å². The molecule has 0 spiro atoms. The summed E-state index contributed by atoms with van der Waals surface area (Å²) in [6.07, 6.45) is 0.344. The lowest BCUT2D eigenvalue weighted by atomic mass is 10.0. The first-order valence-corrected chi connectivity index (χ1v) is 3.71. The van der Waals surface area contributed by atoms with Crippen molar-refractivity contribution in [2.75, 3.05) is 0 Å². The first-order chi connectivity index (χ1) is 6.11. The second-order valence-corrected chi connectivity index (χ2v) is 2.52. The van der Waals surface area contributed by atoms with Gasteiger partial charge in [-0.05, 0) is 18.1 Å². The Kier molecular flexibility index (Phi) is 2.47. The Hall–Kier alpha value is -1.63. The molecule has 0 aliphatic carbocycles. The predicted molar refractivity (Wildman–Crippen MR) is 42.1 cm³/mol. The number of aromatic hydroxyl groups is 1. The number of nitrogens with zero attached hydrogens (tertiary/aromatic N) is 1. The molecular weight excluding hydrogens is 176 g/mol. The Balaban J connectivity index is 3.50. The van der Waals surface area contributed by atoms with Crippen LogP contribution in [0.25, 0.3) is 0 Å².